The number of nitrogens with one attached hydrogen (secondary N) is 3. The molecular weight excluding hydrogens is 829 g/mol. The number of thiazole rings is 1. The maximum absolute atomic E-state index is 14.8. The third-order valence-electron chi connectivity index (χ3n) is 12.7. The fourth-order valence-electron chi connectivity index (χ4n) is 9.13. The van der Waals surface area contributed by atoms with Gasteiger partial charge in [0.25, 0.3) is 0 Å². The third kappa shape index (κ3) is 10.2. The number of aromatic nitrogens is 2. The highest BCUT2D eigenvalue weighted by Crippen LogP contribution is 2.52. The van der Waals surface area contributed by atoms with Crippen molar-refractivity contribution in [3.05, 3.63) is 42.3 Å². The van der Waals surface area contributed by atoms with E-state index in [1.54, 1.807) is 6.07 Å². The number of ether oxygens (including phenoxy) is 5. The van der Waals surface area contributed by atoms with Gasteiger partial charge in [-0.25, -0.2) is 19.6 Å². The van der Waals surface area contributed by atoms with E-state index in [1.165, 1.54) is 28.7 Å². The van der Waals surface area contributed by atoms with E-state index in [2.05, 4.69) is 22.5 Å². The molecule has 5 aliphatic rings. The molecule has 2 aromatic heterocycles. The molecule has 2 aliphatic heterocycles. The molecule has 3 amide bonds. The number of carboxylic acid groups (broad SMARTS) is 1. The van der Waals surface area contributed by atoms with Crippen LogP contribution < -0.4 is 25.4 Å². The highest BCUT2D eigenvalue weighted by atomic mass is 32.1. The monoisotopic (exact) mass is 888 g/mol. The molecule has 3 aliphatic carbocycles. The first-order valence-electron chi connectivity index (χ1n) is 22.3. The first-order chi connectivity index (χ1) is 30.1. The van der Waals surface area contributed by atoms with Crippen molar-refractivity contribution in [2.45, 2.75) is 128 Å². The van der Waals surface area contributed by atoms with Crippen LogP contribution in [0.3, 0.4) is 0 Å². The van der Waals surface area contributed by atoms with Gasteiger partial charge in [0.1, 0.15) is 53.6 Å². The minimum Gasteiger partial charge on any atom is -0.491 e. The zero-order valence-corrected chi connectivity index (χ0v) is 37.5. The summed E-state index contributed by atoms with van der Waals surface area (Å²) in [4.78, 5) is 66.0. The van der Waals surface area contributed by atoms with E-state index in [0.29, 0.717) is 65.4 Å². The minimum atomic E-state index is -1.53. The van der Waals surface area contributed by atoms with Crippen molar-refractivity contribution in [2.24, 2.45) is 23.2 Å². The number of aliphatic carboxylic acids is 1. The number of hydrogen-bond acceptors (Lipinski definition) is 13. The Labute approximate surface area is 371 Å². The number of fused-ring (bicyclic) bond motifs is 2. The van der Waals surface area contributed by atoms with Crippen molar-refractivity contribution < 1.29 is 48.0 Å². The topological polar surface area (TPSA) is 200 Å². The summed E-state index contributed by atoms with van der Waals surface area (Å²) in [5.41, 5.74) is -0.566. The van der Waals surface area contributed by atoms with E-state index in [4.69, 9.17) is 33.7 Å². The molecule has 0 spiro atoms. The zero-order chi connectivity index (χ0) is 44.6. The summed E-state index contributed by atoms with van der Waals surface area (Å²) < 4.78 is 30.2. The number of benzene rings is 1. The van der Waals surface area contributed by atoms with Gasteiger partial charge in [0.15, 0.2) is 11.4 Å². The molecule has 1 aromatic carbocycles. The normalized spacial score (nSPS) is 27.9. The Balaban J connectivity index is 1.06. The van der Waals surface area contributed by atoms with Crippen molar-refractivity contribution in [1.29, 1.82) is 0 Å². The van der Waals surface area contributed by atoms with Gasteiger partial charge in [0.2, 0.25) is 11.8 Å². The molecule has 16 nitrogen and oxygen atoms in total. The number of pyridine rings is 1. The van der Waals surface area contributed by atoms with Crippen molar-refractivity contribution in [1.82, 2.24) is 25.5 Å². The van der Waals surface area contributed by atoms with Gasteiger partial charge in [-0.3, -0.25) is 9.59 Å². The average Bonchev–Trinajstić information content (AvgIpc) is 3.91. The fourth-order valence-corrected chi connectivity index (χ4v) is 9.98. The number of rotatable bonds is 17. The predicted molar refractivity (Wildman–Crippen MR) is 235 cm³/mol. The van der Waals surface area contributed by atoms with Gasteiger partial charge in [-0.1, -0.05) is 26.8 Å². The van der Waals surface area contributed by atoms with Crippen LogP contribution in [0.2, 0.25) is 0 Å². The average molecular weight is 889 g/mol. The Kier molecular flexibility index (Phi) is 12.9. The number of anilines is 1. The summed E-state index contributed by atoms with van der Waals surface area (Å²) in [6, 6.07) is 5.29. The molecule has 340 valence electrons. The second kappa shape index (κ2) is 18.2. The van der Waals surface area contributed by atoms with Crippen LogP contribution in [0.25, 0.3) is 22.3 Å². The van der Waals surface area contributed by atoms with Crippen molar-refractivity contribution >= 4 is 51.2 Å². The quantitative estimate of drug-likeness (QED) is 0.0843. The summed E-state index contributed by atoms with van der Waals surface area (Å²) in [6.45, 7) is 14.7. The standard InChI is InChI=1S/C46H60N6O10S/c1-7-28-22-46(28,42(55)56)51-40(53)36-20-31(23-52(36)41(54)39(45(4,5)6)50-44(57)62-30-17-26-16-27(26)18-30)61-37-21-34(35-24-63-43(49-35)47-25(2)3)48-33-19-29(11-12-32(33)37)58-14-15-60-38-10-8-9-13-59-38/h7,11-12,19,21,24-28,30-31,36,38-39H,1,8-10,13-18,20,22-23H2,2-6H3,(H,47,49)(H,50,57)(H,51,53)(H,55,56)/t26-,27+,28-,30+,31-,36+,38?,39-,46-/m1/s1. The van der Waals surface area contributed by atoms with Crippen molar-refractivity contribution in [2.75, 3.05) is 31.7 Å². The maximum atomic E-state index is 14.8. The van der Waals surface area contributed by atoms with Gasteiger partial charge in [-0.2, -0.15) is 0 Å². The Morgan fingerprint density at radius 2 is 1.84 bits per heavy atom. The Morgan fingerprint density at radius 1 is 1.05 bits per heavy atom. The van der Waals surface area contributed by atoms with Crippen molar-refractivity contribution in [3.8, 4) is 22.9 Å². The Morgan fingerprint density at radius 3 is 2.52 bits per heavy atom. The van der Waals surface area contributed by atoms with Crippen LogP contribution in [-0.4, -0.2) is 112 Å². The Bertz CT molecular complexity index is 2190. The van der Waals surface area contributed by atoms with E-state index in [1.807, 2.05) is 58.2 Å². The first kappa shape index (κ1) is 44.6. The minimum absolute atomic E-state index is 0.0264. The van der Waals surface area contributed by atoms with E-state index < -0.39 is 58.9 Å². The third-order valence-corrected chi connectivity index (χ3v) is 13.5. The van der Waals surface area contributed by atoms with E-state index >= 15 is 0 Å². The smallest absolute Gasteiger partial charge is 0.408 e. The molecule has 0 radical (unpaired) electrons. The molecule has 5 fully saturated rings. The largest absolute Gasteiger partial charge is 0.491 e. The molecule has 9 atom stereocenters. The van der Waals surface area contributed by atoms with E-state index in [9.17, 15) is 24.3 Å². The Hall–Kier alpha value is -5.00. The lowest BCUT2D eigenvalue weighted by atomic mass is 9.85. The van der Waals surface area contributed by atoms with Crippen LogP contribution in [0.4, 0.5) is 9.93 Å². The van der Waals surface area contributed by atoms with Gasteiger partial charge in [0.05, 0.1) is 24.4 Å². The number of carbonyl (C=O) groups excluding carboxylic acids is 3. The second-order valence-corrected chi connectivity index (χ2v) is 19.9. The summed E-state index contributed by atoms with van der Waals surface area (Å²) >= 11 is 1.46. The van der Waals surface area contributed by atoms with Gasteiger partial charge in [0, 0.05) is 47.9 Å². The summed E-state index contributed by atoms with van der Waals surface area (Å²) in [7, 11) is 0. The molecule has 3 aromatic rings. The molecule has 4 N–H and O–H groups in total. The summed E-state index contributed by atoms with van der Waals surface area (Å²) in [6.07, 6.45) is 5.69. The molecule has 8 rings (SSSR count). The molecule has 0 bridgehead atoms. The summed E-state index contributed by atoms with van der Waals surface area (Å²) in [5, 5.41) is 22.4. The number of carbonyl (C=O) groups is 4. The van der Waals surface area contributed by atoms with Crippen LogP contribution in [-0.2, 0) is 28.6 Å². The van der Waals surface area contributed by atoms with Gasteiger partial charge in [-0.05, 0) is 88.2 Å². The van der Waals surface area contributed by atoms with Gasteiger partial charge < -0.3 is 49.6 Å². The van der Waals surface area contributed by atoms with Crippen LogP contribution in [0.5, 0.6) is 11.5 Å². The van der Waals surface area contributed by atoms with Gasteiger partial charge >= 0.3 is 12.1 Å². The lowest BCUT2D eigenvalue weighted by Crippen LogP contribution is -2.59. The highest BCUT2D eigenvalue weighted by Gasteiger charge is 2.61. The number of hydrogen-bond donors (Lipinski definition) is 4. The molecule has 1 unspecified atom stereocenters. The van der Waals surface area contributed by atoms with Crippen LogP contribution >= 0.6 is 11.3 Å². The summed E-state index contributed by atoms with van der Waals surface area (Å²) in [5.74, 6) is -0.552. The molecule has 17 heteroatoms. The molecular formula is C46H60N6O10S. The zero-order valence-electron chi connectivity index (χ0n) is 36.7. The van der Waals surface area contributed by atoms with Crippen LogP contribution in [0.1, 0.15) is 86.0 Å². The van der Waals surface area contributed by atoms with E-state index in [0.717, 1.165) is 37.2 Å². The first-order valence-corrected chi connectivity index (χ1v) is 23.1. The lowest BCUT2D eigenvalue weighted by Gasteiger charge is -2.35. The SMILES string of the molecule is C=C[C@@H]1C[C@]1(NC(=O)[C@@H]1C[C@@H](Oc2cc(-c3csc(NC(C)C)n3)nc3cc(OCCOC4CCCCO4)ccc23)CN1C(=O)[C@@H](NC(=O)O[C@@H]1C[C@@H]2C[C@@H]2C1)C(C)(C)C)C(=O)O. The molecule has 3 saturated carbocycles. The van der Waals surface area contributed by atoms with E-state index in [-0.39, 0.29) is 37.8 Å². The molecule has 2 saturated heterocycles. The number of nitrogens with zero attached hydrogens (tertiary/aromatic N) is 3. The highest BCUT2D eigenvalue weighted by molar-refractivity contribution is 7.14. The van der Waals surface area contributed by atoms with Crippen molar-refractivity contribution in [3.63, 3.8) is 0 Å². The second-order valence-electron chi connectivity index (χ2n) is 19.0. The molecule has 63 heavy (non-hydrogen) atoms. The lowest BCUT2D eigenvalue weighted by molar-refractivity contribution is -0.165. The fraction of sp³-hybridized carbons (Fsp3) is 0.609. The predicted octanol–water partition coefficient (Wildman–Crippen LogP) is 6.53. The van der Waals surface area contributed by atoms with Crippen LogP contribution in [0.15, 0.2) is 42.3 Å². The number of carboxylic acids is 1. The maximum Gasteiger partial charge on any atom is 0.408 e. The van der Waals surface area contributed by atoms with Gasteiger partial charge in [-0.15, -0.1) is 17.9 Å². The number of alkyl carbamates (subject to hydrolysis) is 1. The molecule has 4 heterocycles. The number of likely N-dealkylation sites (tertiary alicyclic amines) is 1. The number of amides is 3. The van der Waals surface area contributed by atoms with Crippen LogP contribution in [0, 0.1) is 23.2 Å².